The molecule has 0 bridgehead atoms. The van der Waals surface area contributed by atoms with Crippen LogP contribution in [0.1, 0.15) is 5.56 Å². The number of sulfonamides is 1. The van der Waals surface area contributed by atoms with Gasteiger partial charge in [0.15, 0.2) is 0 Å². The number of carbonyl (C=O) groups is 1. The van der Waals surface area contributed by atoms with Gasteiger partial charge in [0.05, 0.1) is 11.4 Å². The lowest BCUT2D eigenvalue weighted by atomic mass is 10.2. The quantitative estimate of drug-likeness (QED) is 0.665. The van der Waals surface area contributed by atoms with Crippen LogP contribution in [0.4, 0.5) is 4.79 Å². The summed E-state index contributed by atoms with van der Waals surface area (Å²) in [5.41, 5.74) is 0.783. The predicted molar refractivity (Wildman–Crippen MR) is 71.8 cm³/mol. The fourth-order valence-corrected chi connectivity index (χ4v) is 2.01. The first kappa shape index (κ1) is 15.0. The van der Waals surface area contributed by atoms with E-state index in [-0.39, 0.29) is 24.0 Å². The summed E-state index contributed by atoms with van der Waals surface area (Å²) in [6.45, 7) is 0.446. The molecule has 0 fully saturated rings. The van der Waals surface area contributed by atoms with Crippen molar-refractivity contribution in [2.45, 2.75) is 11.4 Å². The van der Waals surface area contributed by atoms with E-state index in [1.165, 1.54) is 19.2 Å². The molecule has 0 spiro atoms. The van der Waals surface area contributed by atoms with Crippen LogP contribution in [0, 0.1) is 12.3 Å². The van der Waals surface area contributed by atoms with E-state index in [9.17, 15) is 13.2 Å². The van der Waals surface area contributed by atoms with Crippen LogP contribution in [0.5, 0.6) is 0 Å². The molecule has 2 amide bonds. The molecule has 1 aromatic carbocycles. The number of carbonyl (C=O) groups excluding carboxylic acids is 1. The third-order valence-corrected chi connectivity index (χ3v) is 3.74. The van der Waals surface area contributed by atoms with E-state index < -0.39 is 10.0 Å². The van der Waals surface area contributed by atoms with Crippen LogP contribution in [-0.4, -0.2) is 28.0 Å². The number of hydrogen-bond acceptors (Lipinski definition) is 3. The molecule has 0 aromatic heterocycles. The van der Waals surface area contributed by atoms with Gasteiger partial charge in [-0.05, 0) is 24.7 Å². The van der Waals surface area contributed by atoms with Crippen LogP contribution in [0.3, 0.4) is 0 Å². The van der Waals surface area contributed by atoms with Crippen molar-refractivity contribution in [3.05, 3.63) is 29.8 Å². The van der Waals surface area contributed by atoms with Crippen molar-refractivity contribution in [2.75, 3.05) is 13.6 Å². The molecule has 0 atom stereocenters. The summed E-state index contributed by atoms with van der Waals surface area (Å²) in [4.78, 5) is 11.4. The molecule has 0 aliphatic carbocycles. The Labute approximate surface area is 112 Å². The molecule has 0 heterocycles. The zero-order valence-electron chi connectivity index (χ0n) is 10.4. The molecule has 19 heavy (non-hydrogen) atoms. The molecule has 1 aromatic rings. The average Bonchev–Trinajstić information content (AvgIpc) is 2.43. The molecule has 1 rings (SSSR count). The van der Waals surface area contributed by atoms with Crippen molar-refractivity contribution in [3.63, 3.8) is 0 Å². The van der Waals surface area contributed by atoms with Crippen LogP contribution >= 0.6 is 0 Å². The molecule has 102 valence electrons. The van der Waals surface area contributed by atoms with Gasteiger partial charge in [0.2, 0.25) is 10.0 Å². The summed E-state index contributed by atoms with van der Waals surface area (Å²) >= 11 is 0. The number of terminal acetylenes is 1. The summed E-state index contributed by atoms with van der Waals surface area (Å²) in [6, 6.07) is 5.84. The fourth-order valence-electron chi connectivity index (χ4n) is 1.28. The Morgan fingerprint density at radius 3 is 2.42 bits per heavy atom. The van der Waals surface area contributed by atoms with Gasteiger partial charge in [-0.15, -0.1) is 6.42 Å². The second-order valence-electron chi connectivity index (χ2n) is 3.59. The SMILES string of the molecule is C#CCNC(=O)NCc1ccc(S(=O)(=O)NC)cc1. The minimum absolute atomic E-state index is 0.158. The molecule has 6 nitrogen and oxygen atoms in total. The molecule has 0 radical (unpaired) electrons. The van der Waals surface area contributed by atoms with Crippen LogP contribution < -0.4 is 15.4 Å². The summed E-state index contributed by atoms with van der Waals surface area (Å²) in [5.74, 6) is 2.28. The molecular formula is C12H15N3O3S. The highest BCUT2D eigenvalue weighted by Crippen LogP contribution is 2.09. The van der Waals surface area contributed by atoms with E-state index >= 15 is 0 Å². The summed E-state index contributed by atoms with van der Waals surface area (Å²) in [7, 11) is -2.08. The van der Waals surface area contributed by atoms with Crippen LogP contribution in [0.15, 0.2) is 29.2 Å². The van der Waals surface area contributed by atoms with Crippen LogP contribution in [0.2, 0.25) is 0 Å². The van der Waals surface area contributed by atoms with Gasteiger partial charge >= 0.3 is 6.03 Å². The molecule has 7 heteroatoms. The maximum atomic E-state index is 11.5. The second-order valence-corrected chi connectivity index (χ2v) is 5.48. The van der Waals surface area contributed by atoms with Gasteiger partial charge in [-0.25, -0.2) is 17.9 Å². The topological polar surface area (TPSA) is 87.3 Å². The Balaban J connectivity index is 2.59. The zero-order chi connectivity index (χ0) is 14.3. The molecule has 0 aliphatic heterocycles. The van der Waals surface area contributed by atoms with Crippen molar-refractivity contribution in [2.24, 2.45) is 0 Å². The molecule has 3 N–H and O–H groups in total. The van der Waals surface area contributed by atoms with Crippen molar-refractivity contribution in [1.82, 2.24) is 15.4 Å². The van der Waals surface area contributed by atoms with Crippen LogP contribution in [-0.2, 0) is 16.6 Å². The number of urea groups is 1. The number of nitrogens with one attached hydrogen (secondary N) is 3. The first-order chi connectivity index (χ1) is 8.99. The van der Waals surface area contributed by atoms with Crippen molar-refractivity contribution < 1.29 is 13.2 Å². The molecule has 0 saturated heterocycles. The van der Waals surface area contributed by atoms with Gasteiger partial charge in [-0.3, -0.25) is 0 Å². The van der Waals surface area contributed by atoms with E-state index in [0.29, 0.717) is 0 Å². The van der Waals surface area contributed by atoms with Gasteiger partial charge < -0.3 is 10.6 Å². The largest absolute Gasteiger partial charge is 0.334 e. The Morgan fingerprint density at radius 2 is 1.89 bits per heavy atom. The van der Waals surface area contributed by atoms with E-state index in [1.807, 2.05) is 0 Å². The highest BCUT2D eigenvalue weighted by atomic mass is 32.2. The van der Waals surface area contributed by atoms with Gasteiger partial charge in [0, 0.05) is 6.54 Å². The third kappa shape index (κ3) is 4.62. The molecule has 0 aliphatic rings. The summed E-state index contributed by atoms with van der Waals surface area (Å²) in [5, 5.41) is 5.05. The number of rotatable bonds is 5. The number of benzene rings is 1. The van der Waals surface area contributed by atoms with Gasteiger partial charge in [0.1, 0.15) is 0 Å². The smallest absolute Gasteiger partial charge is 0.315 e. The minimum Gasteiger partial charge on any atom is -0.334 e. The molecular weight excluding hydrogens is 266 g/mol. The maximum absolute atomic E-state index is 11.5. The van der Waals surface area contributed by atoms with E-state index in [4.69, 9.17) is 6.42 Å². The van der Waals surface area contributed by atoms with Crippen molar-refractivity contribution in [1.29, 1.82) is 0 Å². The Kier molecular flexibility index (Phi) is 5.36. The maximum Gasteiger partial charge on any atom is 0.315 e. The predicted octanol–water partition coefficient (Wildman–Crippen LogP) is 0.0271. The lowest BCUT2D eigenvalue weighted by molar-refractivity contribution is 0.241. The van der Waals surface area contributed by atoms with Crippen molar-refractivity contribution >= 4 is 16.1 Å². The molecule has 0 saturated carbocycles. The first-order valence-corrected chi connectivity index (χ1v) is 6.95. The fraction of sp³-hybridized carbons (Fsp3) is 0.250. The number of hydrogen-bond donors (Lipinski definition) is 3. The van der Waals surface area contributed by atoms with E-state index in [0.717, 1.165) is 5.56 Å². The first-order valence-electron chi connectivity index (χ1n) is 5.47. The lowest BCUT2D eigenvalue weighted by Gasteiger charge is -2.07. The minimum atomic E-state index is -3.43. The Bertz CT molecular complexity index is 573. The Morgan fingerprint density at radius 1 is 1.26 bits per heavy atom. The summed E-state index contributed by atoms with van der Waals surface area (Å²) < 4.78 is 25.2. The standard InChI is InChI=1S/C12H15N3O3S/c1-3-8-14-12(16)15-9-10-4-6-11(7-5-10)19(17,18)13-2/h1,4-7,13H,8-9H2,2H3,(H2,14,15,16). The van der Waals surface area contributed by atoms with Gasteiger partial charge in [0.25, 0.3) is 0 Å². The monoisotopic (exact) mass is 281 g/mol. The van der Waals surface area contributed by atoms with Crippen LogP contribution in [0.25, 0.3) is 0 Å². The van der Waals surface area contributed by atoms with Gasteiger partial charge in [-0.1, -0.05) is 18.1 Å². The van der Waals surface area contributed by atoms with Gasteiger partial charge in [-0.2, -0.15) is 0 Å². The highest BCUT2D eigenvalue weighted by molar-refractivity contribution is 7.89. The highest BCUT2D eigenvalue weighted by Gasteiger charge is 2.10. The summed E-state index contributed by atoms with van der Waals surface area (Å²) in [6.07, 6.45) is 5.00. The average molecular weight is 281 g/mol. The lowest BCUT2D eigenvalue weighted by Crippen LogP contribution is -2.35. The Hall–Kier alpha value is -2.04. The van der Waals surface area contributed by atoms with E-state index in [1.54, 1.807) is 12.1 Å². The third-order valence-electron chi connectivity index (χ3n) is 2.31. The number of amides is 2. The van der Waals surface area contributed by atoms with Crippen molar-refractivity contribution in [3.8, 4) is 12.3 Å². The molecule has 0 unspecified atom stereocenters. The zero-order valence-corrected chi connectivity index (χ0v) is 11.3. The second kappa shape index (κ2) is 6.78. The van der Waals surface area contributed by atoms with E-state index in [2.05, 4.69) is 21.3 Å². The normalized spacial score (nSPS) is 10.5.